The lowest BCUT2D eigenvalue weighted by molar-refractivity contribution is 0.102. The first kappa shape index (κ1) is 24.9. The van der Waals surface area contributed by atoms with Gasteiger partial charge in [-0.3, -0.25) is 9.78 Å². The minimum absolute atomic E-state index is 0.245. The second-order valence-electron chi connectivity index (χ2n) is 8.56. The summed E-state index contributed by atoms with van der Waals surface area (Å²) in [7, 11) is -3.40. The standard InChI is InChI=1S/C27H26N4O4S/c1-16-8-13-22(26(29-16)20-14-15-23(31-33)25(28)17(20)2)27(32)30-19-11-9-18(10-12-19)21-6-4-5-7-24(21)36(3,34)35/h4-14,33H,15,28H2,1-3H3,(H,30,32). The summed E-state index contributed by atoms with van der Waals surface area (Å²) in [4.78, 5) is 18.1. The summed E-state index contributed by atoms with van der Waals surface area (Å²) in [6.07, 6.45) is 3.34. The molecule has 1 aliphatic rings. The summed E-state index contributed by atoms with van der Waals surface area (Å²) in [6, 6.07) is 17.2. The number of nitrogens with one attached hydrogen (secondary N) is 1. The van der Waals surface area contributed by atoms with Crippen LogP contribution in [0.25, 0.3) is 16.7 Å². The summed E-state index contributed by atoms with van der Waals surface area (Å²) in [6.45, 7) is 3.63. The van der Waals surface area contributed by atoms with Crippen LogP contribution in [0.15, 0.2) is 88.1 Å². The second-order valence-corrected chi connectivity index (χ2v) is 10.5. The van der Waals surface area contributed by atoms with Crippen molar-refractivity contribution in [3.8, 4) is 11.1 Å². The largest absolute Gasteiger partial charge is 0.411 e. The van der Waals surface area contributed by atoms with E-state index in [-0.39, 0.29) is 10.8 Å². The number of hydrogen-bond acceptors (Lipinski definition) is 7. The van der Waals surface area contributed by atoms with E-state index in [9.17, 15) is 13.2 Å². The molecule has 3 aromatic rings. The number of sulfone groups is 1. The molecule has 4 rings (SSSR count). The maximum absolute atomic E-state index is 13.3. The number of hydrogen-bond donors (Lipinski definition) is 3. The number of carbonyl (C=O) groups is 1. The maximum Gasteiger partial charge on any atom is 0.257 e. The van der Waals surface area contributed by atoms with Gasteiger partial charge in [-0.1, -0.05) is 41.6 Å². The van der Waals surface area contributed by atoms with Crippen molar-refractivity contribution in [3.05, 3.63) is 95.0 Å². The number of aryl methyl sites for hydroxylation is 1. The van der Waals surface area contributed by atoms with Crippen LogP contribution in [0.4, 0.5) is 5.69 Å². The van der Waals surface area contributed by atoms with E-state index in [1.807, 2.05) is 13.0 Å². The molecule has 0 fully saturated rings. The predicted octanol–water partition coefficient (Wildman–Crippen LogP) is 4.56. The zero-order valence-corrected chi connectivity index (χ0v) is 20.9. The Kier molecular flexibility index (Phi) is 6.76. The number of nitrogens with two attached hydrogens (primary N) is 1. The zero-order chi connectivity index (χ0) is 26.0. The number of rotatable bonds is 5. The molecule has 4 N–H and O–H groups in total. The molecule has 1 amide bonds. The molecular formula is C27H26N4O4S. The van der Waals surface area contributed by atoms with Gasteiger partial charge in [0.2, 0.25) is 0 Å². The van der Waals surface area contributed by atoms with E-state index < -0.39 is 9.84 Å². The van der Waals surface area contributed by atoms with Crippen molar-refractivity contribution in [1.82, 2.24) is 4.98 Å². The fourth-order valence-electron chi connectivity index (χ4n) is 4.10. The number of aromatic nitrogens is 1. The van der Waals surface area contributed by atoms with Crippen LogP contribution < -0.4 is 11.1 Å². The summed E-state index contributed by atoms with van der Waals surface area (Å²) in [5.41, 5.74) is 11.7. The van der Waals surface area contributed by atoms with E-state index in [0.717, 1.165) is 11.3 Å². The Hall–Kier alpha value is -4.24. The molecule has 1 aromatic heterocycles. The molecule has 0 unspecified atom stereocenters. The number of allylic oxidation sites excluding steroid dienone is 4. The van der Waals surface area contributed by atoms with E-state index in [1.54, 1.807) is 67.6 Å². The number of amides is 1. The molecule has 0 radical (unpaired) electrons. The molecule has 0 bridgehead atoms. The number of pyridine rings is 1. The number of benzene rings is 2. The van der Waals surface area contributed by atoms with Crippen LogP contribution in [0.2, 0.25) is 0 Å². The molecule has 0 saturated carbocycles. The number of anilines is 1. The Balaban J connectivity index is 1.64. The van der Waals surface area contributed by atoms with Crippen molar-refractivity contribution in [2.24, 2.45) is 10.9 Å². The topological polar surface area (TPSA) is 135 Å². The van der Waals surface area contributed by atoms with Crippen LogP contribution >= 0.6 is 0 Å². The van der Waals surface area contributed by atoms with Gasteiger partial charge in [-0.2, -0.15) is 0 Å². The third-order valence-corrected chi connectivity index (χ3v) is 7.17. The summed E-state index contributed by atoms with van der Waals surface area (Å²) >= 11 is 0. The van der Waals surface area contributed by atoms with Crippen molar-refractivity contribution >= 4 is 32.7 Å². The predicted molar refractivity (Wildman–Crippen MR) is 141 cm³/mol. The quantitative estimate of drug-likeness (QED) is 0.346. The SMILES string of the molecule is CC1=C(N)C(=NO)CC=C1c1nc(C)ccc1C(=O)Nc1ccc(-c2ccccc2S(C)(=O)=O)cc1. The molecule has 1 heterocycles. The molecule has 0 aliphatic heterocycles. The fraction of sp³-hybridized carbons (Fsp3) is 0.148. The number of carbonyl (C=O) groups excluding carboxylic acids is 1. The van der Waals surface area contributed by atoms with Gasteiger partial charge in [0, 0.05) is 35.2 Å². The lowest BCUT2D eigenvalue weighted by atomic mass is 9.90. The minimum atomic E-state index is -3.40. The van der Waals surface area contributed by atoms with Crippen LogP contribution in [0.1, 0.15) is 35.1 Å². The van der Waals surface area contributed by atoms with E-state index in [2.05, 4.69) is 15.5 Å². The molecule has 0 saturated heterocycles. The van der Waals surface area contributed by atoms with Crippen LogP contribution in [0, 0.1) is 6.92 Å². The van der Waals surface area contributed by atoms with Gasteiger partial charge >= 0.3 is 0 Å². The first-order valence-corrected chi connectivity index (χ1v) is 13.1. The van der Waals surface area contributed by atoms with Gasteiger partial charge in [-0.05, 0) is 55.3 Å². The molecule has 0 spiro atoms. The highest BCUT2D eigenvalue weighted by atomic mass is 32.2. The minimum Gasteiger partial charge on any atom is -0.411 e. The van der Waals surface area contributed by atoms with Crippen molar-refractivity contribution < 1.29 is 18.4 Å². The van der Waals surface area contributed by atoms with E-state index >= 15 is 0 Å². The first-order valence-electron chi connectivity index (χ1n) is 11.2. The Labute approximate surface area is 209 Å². The Morgan fingerprint density at radius 1 is 1.06 bits per heavy atom. The van der Waals surface area contributed by atoms with Gasteiger partial charge in [0.05, 0.1) is 21.8 Å². The van der Waals surface area contributed by atoms with Crippen molar-refractivity contribution in [2.75, 3.05) is 11.6 Å². The van der Waals surface area contributed by atoms with Crippen LogP contribution in [0.5, 0.6) is 0 Å². The smallest absolute Gasteiger partial charge is 0.257 e. The van der Waals surface area contributed by atoms with Crippen LogP contribution in [0.3, 0.4) is 0 Å². The van der Waals surface area contributed by atoms with Crippen molar-refractivity contribution in [2.45, 2.75) is 25.2 Å². The fourth-order valence-corrected chi connectivity index (χ4v) is 5.01. The van der Waals surface area contributed by atoms with Gasteiger partial charge in [0.1, 0.15) is 5.71 Å². The van der Waals surface area contributed by atoms with Crippen molar-refractivity contribution in [1.29, 1.82) is 0 Å². The molecule has 9 heteroatoms. The van der Waals surface area contributed by atoms with Gasteiger partial charge in [-0.25, -0.2) is 8.42 Å². The van der Waals surface area contributed by atoms with Gasteiger partial charge < -0.3 is 16.3 Å². The highest BCUT2D eigenvalue weighted by Gasteiger charge is 2.23. The van der Waals surface area contributed by atoms with E-state index in [0.29, 0.717) is 51.5 Å². The average Bonchev–Trinajstić information content (AvgIpc) is 2.85. The Bertz CT molecular complexity index is 1550. The van der Waals surface area contributed by atoms with Gasteiger partial charge in [0.15, 0.2) is 9.84 Å². The third kappa shape index (κ3) is 4.92. The van der Waals surface area contributed by atoms with E-state index in [4.69, 9.17) is 10.9 Å². The van der Waals surface area contributed by atoms with Crippen LogP contribution in [-0.4, -0.2) is 36.5 Å². The average molecular weight is 503 g/mol. The Morgan fingerprint density at radius 2 is 1.75 bits per heavy atom. The molecule has 0 atom stereocenters. The molecule has 36 heavy (non-hydrogen) atoms. The second kappa shape index (κ2) is 9.79. The van der Waals surface area contributed by atoms with Crippen molar-refractivity contribution in [3.63, 3.8) is 0 Å². The zero-order valence-electron chi connectivity index (χ0n) is 20.1. The molecule has 184 valence electrons. The first-order chi connectivity index (χ1) is 17.1. The monoisotopic (exact) mass is 502 g/mol. The third-order valence-electron chi connectivity index (χ3n) is 6.01. The molecule has 2 aromatic carbocycles. The molecule has 1 aliphatic carbocycles. The lowest BCUT2D eigenvalue weighted by Crippen LogP contribution is -2.20. The number of oxime groups is 1. The van der Waals surface area contributed by atoms with Crippen LogP contribution in [-0.2, 0) is 9.84 Å². The lowest BCUT2D eigenvalue weighted by Gasteiger charge is -2.19. The highest BCUT2D eigenvalue weighted by molar-refractivity contribution is 7.90. The summed E-state index contributed by atoms with van der Waals surface area (Å²) in [5, 5.41) is 15.3. The van der Waals surface area contributed by atoms with Gasteiger partial charge in [-0.15, -0.1) is 0 Å². The normalized spacial score (nSPS) is 15.1. The summed E-state index contributed by atoms with van der Waals surface area (Å²) < 4.78 is 24.3. The van der Waals surface area contributed by atoms with Gasteiger partial charge in [0.25, 0.3) is 5.91 Å². The maximum atomic E-state index is 13.3. The molecular weight excluding hydrogens is 476 g/mol. The number of nitrogens with zero attached hydrogens (tertiary/aromatic N) is 2. The van der Waals surface area contributed by atoms with E-state index in [1.165, 1.54) is 6.26 Å². The Morgan fingerprint density at radius 3 is 2.42 bits per heavy atom. The molecule has 8 nitrogen and oxygen atoms in total. The summed E-state index contributed by atoms with van der Waals surface area (Å²) in [5.74, 6) is -0.351. The highest BCUT2D eigenvalue weighted by Crippen LogP contribution is 2.32.